The number of fused-ring (bicyclic) bond motifs is 14. The summed E-state index contributed by atoms with van der Waals surface area (Å²) in [5, 5.41) is 28.4. The SMILES string of the molecule is C.CC.C[C@H]1CC[C@]2(NC1)OC1CC3[C@@H]4CCC5C[C@@H](O)CC[C@]5(C)C4CC[C@]3(C)C1[C@@H]2C.C[C@H]1CC[C@]2(NC1)OC1CC3[C@@H]4CCC5C[C@H](O)CC[C@]5(C)C4CC[C@]3(C)C1[C@@H]2C. The van der Waals surface area contributed by atoms with E-state index in [1.165, 1.54) is 103 Å². The molecule has 63 heavy (non-hydrogen) atoms. The van der Waals surface area contributed by atoms with E-state index in [0.717, 1.165) is 110 Å². The van der Waals surface area contributed by atoms with Crippen molar-refractivity contribution in [2.45, 2.75) is 241 Å². The molecule has 2 spiro atoms. The number of piperidine rings is 2. The molecule has 0 aromatic heterocycles. The summed E-state index contributed by atoms with van der Waals surface area (Å²) in [6.45, 7) is 26.6. The quantitative estimate of drug-likeness (QED) is 0.194. The van der Waals surface area contributed by atoms with Gasteiger partial charge in [0.05, 0.1) is 24.4 Å². The Labute approximate surface area is 387 Å². The largest absolute Gasteiger partial charge is 0.393 e. The predicted octanol–water partition coefficient (Wildman–Crippen LogP) is 12.4. The lowest BCUT2D eigenvalue weighted by molar-refractivity contribution is -0.140. The van der Waals surface area contributed by atoms with E-state index in [-0.39, 0.29) is 31.1 Å². The van der Waals surface area contributed by atoms with E-state index in [9.17, 15) is 10.2 Å². The molecule has 12 fully saturated rings. The highest BCUT2D eigenvalue weighted by Gasteiger charge is 2.70. The van der Waals surface area contributed by atoms with Gasteiger partial charge in [0.1, 0.15) is 11.4 Å². The van der Waals surface area contributed by atoms with Crippen molar-refractivity contribution in [2.24, 2.45) is 105 Å². The van der Waals surface area contributed by atoms with E-state index in [1.807, 2.05) is 13.8 Å². The Bertz CT molecular complexity index is 1490. The third-order valence-corrected chi connectivity index (χ3v) is 24.2. The van der Waals surface area contributed by atoms with Crippen LogP contribution in [0.5, 0.6) is 0 Å². The Balaban J connectivity index is 0.000000152. The Morgan fingerprint density at radius 1 is 0.444 bits per heavy atom. The number of rotatable bonds is 0. The molecular weight excluding hydrogens is 777 g/mol. The lowest BCUT2D eigenvalue weighted by Gasteiger charge is -2.61. The molecule has 4 heterocycles. The third kappa shape index (κ3) is 7.14. The lowest BCUT2D eigenvalue weighted by atomic mass is 9.44. The zero-order valence-corrected chi connectivity index (χ0v) is 41.7. The highest BCUT2D eigenvalue weighted by atomic mass is 16.5. The van der Waals surface area contributed by atoms with Crippen molar-refractivity contribution >= 4 is 0 Å². The van der Waals surface area contributed by atoms with E-state index in [4.69, 9.17) is 9.47 Å². The molecule has 4 saturated heterocycles. The van der Waals surface area contributed by atoms with Crippen LogP contribution in [-0.2, 0) is 9.47 Å². The topological polar surface area (TPSA) is 83.0 Å². The summed E-state index contributed by atoms with van der Waals surface area (Å²) < 4.78 is 14.0. The van der Waals surface area contributed by atoms with Crippen LogP contribution in [0.2, 0.25) is 0 Å². The standard InChI is InChI=1S/2C27H45NO2.C2H6.CH4/c2*1-16-7-12-27(28-15-16)17(2)24-23(30-27)14-22-20-6-5-18-13-19(29)8-10-25(18,3)21(20)9-11-26(22,24)4;1-2;/h2*16-24,28-29H,5-15H2,1-4H3;1-2H3;1H4/t16-,17-,18?,19+,20+,21?,22?,23?,24?,25-,26-,27-;16-,17-,18?,19-,20+,21?,22?,23?,24?,25-,26-,27-;;/m00../s1. The second-order valence-corrected chi connectivity index (χ2v) is 26.5. The van der Waals surface area contributed by atoms with Crippen molar-refractivity contribution in [1.29, 1.82) is 0 Å². The maximum Gasteiger partial charge on any atom is 0.122 e. The number of aliphatic hydroxyl groups is 2. The van der Waals surface area contributed by atoms with Crippen LogP contribution in [0.15, 0.2) is 0 Å². The minimum Gasteiger partial charge on any atom is -0.393 e. The minimum absolute atomic E-state index is 0. The molecule has 24 atom stereocenters. The van der Waals surface area contributed by atoms with Crippen LogP contribution in [0.4, 0.5) is 0 Å². The number of hydrogen-bond acceptors (Lipinski definition) is 6. The molecule has 8 saturated carbocycles. The Hall–Kier alpha value is -0.240. The smallest absolute Gasteiger partial charge is 0.122 e. The van der Waals surface area contributed by atoms with Gasteiger partial charge in [0, 0.05) is 24.9 Å². The molecule has 0 aromatic rings. The van der Waals surface area contributed by atoms with E-state index in [2.05, 4.69) is 66.0 Å². The molecule has 0 aromatic carbocycles. The van der Waals surface area contributed by atoms with Gasteiger partial charge in [-0.15, -0.1) is 0 Å². The van der Waals surface area contributed by atoms with E-state index < -0.39 is 0 Å². The van der Waals surface area contributed by atoms with Gasteiger partial charge in [-0.3, -0.25) is 10.6 Å². The molecule has 8 aliphatic carbocycles. The summed E-state index contributed by atoms with van der Waals surface area (Å²) in [5.74, 6) is 11.1. The van der Waals surface area contributed by atoms with Crippen molar-refractivity contribution in [3.05, 3.63) is 0 Å². The summed E-state index contributed by atoms with van der Waals surface area (Å²) in [6, 6.07) is 0. The summed E-state index contributed by atoms with van der Waals surface area (Å²) >= 11 is 0. The highest BCUT2D eigenvalue weighted by molar-refractivity contribution is 5.18. The van der Waals surface area contributed by atoms with Gasteiger partial charge in [-0.05, 0) is 221 Å². The summed E-state index contributed by atoms with van der Waals surface area (Å²) in [7, 11) is 0. The molecule has 0 radical (unpaired) electrons. The normalized spacial score (nSPS) is 59.6. The fourth-order valence-electron chi connectivity index (χ4n) is 20.9. The van der Waals surface area contributed by atoms with Gasteiger partial charge in [0.15, 0.2) is 0 Å². The number of aliphatic hydroxyl groups excluding tert-OH is 2. The molecule has 12 rings (SSSR count). The molecule has 0 bridgehead atoms. The first-order chi connectivity index (χ1) is 29.5. The first-order valence-electron chi connectivity index (χ1n) is 27.8. The predicted molar refractivity (Wildman–Crippen MR) is 258 cm³/mol. The zero-order valence-electron chi connectivity index (χ0n) is 41.7. The first kappa shape index (κ1) is 47.8. The van der Waals surface area contributed by atoms with E-state index in [1.54, 1.807) is 0 Å². The van der Waals surface area contributed by atoms with Crippen LogP contribution < -0.4 is 10.6 Å². The average Bonchev–Trinajstić information content (AvgIpc) is 3.91. The van der Waals surface area contributed by atoms with Crippen LogP contribution in [0.25, 0.3) is 0 Å². The van der Waals surface area contributed by atoms with E-state index >= 15 is 0 Å². The van der Waals surface area contributed by atoms with Gasteiger partial charge in [0.25, 0.3) is 0 Å². The maximum absolute atomic E-state index is 10.3. The van der Waals surface area contributed by atoms with Crippen LogP contribution in [0.3, 0.4) is 0 Å². The van der Waals surface area contributed by atoms with Crippen molar-refractivity contribution in [2.75, 3.05) is 13.1 Å². The fourth-order valence-corrected chi connectivity index (χ4v) is 20.9. The second kappa shape index (κ2) is 17.0. The van der Waals surface area contributed by atoms with Crippen molar-refractivity contribution in [3.8, 4) is 0 Å². The monoisotopic (exact) mass is 877 g/mol. The molecular formula is C57H100N2O4. The zero-order chi connectivity index (χ0) is 43.8. The van der Waals surface area contributed by atoms with Crippen molar-refractivity contribution in [3.63, 3.8) is 0 Å². The molecule has 4 N–H and O–H groups in total. The molecule has 0 amide bonds. The van der Waals surface area contributed by atoms with Gasteiger partial charge in [0.2, 0.25) is 0 Å². The van der Waals surface area contributed by atoms with Crippen LogP contribution in [0.1, 0.15) is 205 Å². The Morgan fingerprint density at radius 3 is 1.19 bits per heavy atom. The van der Waals surface area contributed by atoms with Crippen molar-refractivity contribution in [1.82, 2.24) is 10.6 Å². The van der Waals surface area contributed by atoms with Crippen LogP contribution in [0, 0.1) is 105 Å². The van der Waals surface area contributed by atoms with Crippen molar-refractivity contribution < 1.29 is 19.7 Å². The average molecular weight is 877 g/mol. The Morgan fingerprint density at radius 2 is 0.825 bits per heavy atom. The fraction of sp³-hybridized carbons (Fsp3) is 1.00. The summed E-state index contributed by atoms with van der Waals surface area (Å²) in [4.78, 5) is 0. The summed E-state index contributed by atoms with van der Waals surface area (Å²) in [5.41, 5.74) is 1.84. The number of nitrogens with one attached hydrogen (secondary N) is 2. The van der Waals surface area contributed by atoms with E-state index in [0.29, 0.717) is 45.7 Å². The third-order valence-electron chi connectivity index (χ3n) is 24.2. The maximum atomic E-state index is 10.3. The van der Waals surface area contributed by atoms with Crippen LogP contribution in [-0.4, -0.2) is 59.2 Å². The Kier molecular flexibility index (Phi) is 12.9. The van der Waals surface area contributed by atoms with Crippen LogP contribution >= 0.6 is 0 Å². The number of hydrogen-bond donors (Lipinski definition) is 4. The summed E-state index contributed by atoms with van der Waals surface area (Å²) in [6.07, 6.45) is 26.5. The first-order valence-corrected chi connectivity index (χ1v) is 27.8. The molecule has 12 aliphatic rings. The highest BCUT2D eigenvalue weighted by Crippen LogP contribution is 2.73. The van der Waals surface area contributed by atoms with Gasteiger partial charge >= 0.3 is 0 Å². The molecule has 4 aliphatic heterocycles. The van der Waals surface area contributed by atoms with Gasteiger partial charge in [-0.2, -0.15) is 0 Å². The number of ether oxygens (including phenoxy) is 2. The minimum atomic E-state index is -0.0320. The molecule has 10 unspecified atom stereocenters. The van der Waals surface area contributed by atoms with Gasteiger partial charge < -0.3 is 19.7 Å². The van der Waals surface area contributed by atoms with Gasteiger partial charge in [-0.25, -0.2) is 0 Å². The lowest BCUT2D eigenvalue weighted by Crippen LogP contribution is -2.57. The molecule has 6 nitrogen and oxygen atoms in total. The second-order valence-electron chi connectivity index (χ2n) is 26.5. The van der Waals surface area contributed by atoms with Gasteiger partial charge in [-0.1, -0.05) is 76.7 Å². The molecule has 362 valence electrons. The molecule has 6 heteroatoms.